The molecule has 4 fully saturated rings. The van der Waals surface area contributed by atoms with Gasteiger partial charge in [0.25, 0.3) is 11.8 Å². The van der Waals surface area contributed by atoms with Gasteiger partial charge in [-0.3, -0.25) is 14.6 Å². The van der Waals surface area contributed by atoms with Crippen LogP contribution in [0.25, 0.3) is 10.8 Å². The fourth-order valence-corrected chi connectivity index (χ4v) is 8.94. The second-order valence-corrected chi connectivity index (χ2v) is 15.9. The summed E-state index contributed by atoms with van der Waals surface area (Å²) in [6.07, 6.45) is 4.86. The second kappa shape index (κ2) is 13.4. The lowest BCUT2D eigenvalue weighted by Gasteiger charge is -2.64. The van der Waals surface area contributed by atoms with Gasteiger partial charge in [0.15, 0.2) is 0 Å². The molecule has 3 aliphatic carbocycles. The molecule has 1 unspecified atom stereocenters. The molecule has 2 aromatic carbocycles. The molecule has 2 amide bonds. The Bertz CT molecular complexity index is 1760. The zero-order chi connectivity index (χ0) is 35.3. The molecule has 5 aliphatic rings. The molecule has 11 heteroatoms. The number of methoxy groups -OCH3 is 1. The number of rotatable bonds is 12. The van der Waals surface area contributed by atoms with Crippen molar-refractivity contribution in [3.63, 3.8) is 0 Å². The van der Waals surface area contributed by atoms with E-state index in [1.165, 1.54) is 0 Å². The number of hydrogen-bond acceptors (Lipinski definition) is 8. The van der Waals surface area contributed by atoms with Gasteiger partial charge >= 0.3 is 7.12 Å². The number of nitrogens with one attached hydrogen (secondary N) is 2. The van der Waals surface area contributed by atoms with Crippen molar-refractivity contribution in [1.29, 1.82) is 0 Å². The first-order chi connectivity index (χ1) is 23.9. The number of oxime groups is 1. The van der Waals surface area contributed by atoms with Gasteiger partial charge in [0.05, 0.1) is 36.0 Å². The average Bonchev–Trinajstić information content (AvgIpc) is 3.69. The summed E-state index contributed by atoms with van der Waals surface area (Å²) in [4.78, 5) is 38.9. The highest BCUT2D eigenvalue weighted by Gasteiger charge is 2.68. The summed E-state index contributed by atoms with van der Waals surface area (Å²) in [5.74, 6) is 0.270. The van der Waals surface area contributed by atoms with Crippen LogP contribution in [0, 0.1) is 23.2 Å². The Morgan fingerprint density at radius 1 is 1.02 bits per heavy atom. The molecule has 2 aliphatic heterocycles. The molecule has 264 valence electrons. The van der Waals surface area contributed by atoms with Gasteiger partial charge in [0.2, 0.25) is 5.60 Å². The van der Waals surface area contributed by atoms with Crippen LogP contribution in [0.5, 0.6) is 0 Å². The number of carbonyl (C=O) groups is 2. The van der Waals surface area contributed by atoms with Gasteiger partial charge in [-0.15, -0.1) is 0 Å². The van der Waals surface area contributed by atoms with E-state index in [1.807, 2.05) is 60.7 Å². The summed E-state index contributed by atoms with van der Waals surface area (Å²) in [6.45, 7) is 11.3. The lowest BCUT2D eigenvalue weighted by molar-refractivity contribution is -0.199. The van der Waals surface area contributed by atoms with Crippen LogP contribution in [0.15, 0.2) is 72.0 Å². The van der Waals surface area contributed by atoms with Crippen LogP contribution < -0.4 is 10.6 Å². The number of ether oxygens (including phenoxy) is 1. The number of hydrogen-bond donors (Lipinski definition) is 2. The lowest BCUT2D eigenvalue weighted by atomic mass is 9.43. The fraction of sp³-hybridized carbons (Fsp3) is 0.538. The van der Waals surface area contributed by atoms with Gasteiger partial charge in [-0.05, 0) is 66.4 Å². The Morgan fingerprint density at radius 3 is 2.52 bits per heavy atom. The van der Waals surface area contributed by atoms with Gasteiger partial charge < -0.3 is 29.5 Å². The van der Waals surface area contributed by atoms with Crippen molar-refractivity contribution in [3.05, 3.63) is 78.1 Å². The first-order valence-electron chi connectivity index (χ1n) is 18.0. The van der Waals surface area contributed by atoms with Crippen molar-refractivity contribution >= 4 is 35.4 Å². The highest BCUT2D eigenvalue weighted by Crippen LogP contribution is 2.65. The monoisotopic (exact) mass is 680 g/mol. The van der Waals surface area contributed by atoms with Crippen LogP contribution in [0.3, 0.4) is 0 Å². The summed E-state index contributed by atoms with van der Waals surface area (Å²) in [7, 11) is 0.993. The Morgan fingerprint density at radius 2 is 1.78 bits per heavy atom. The molecule has 50 heavy (non-hydrogen) atoms. The molecule has 3 aromatic rings. The van der Waals surface area contributed by atoms with E-state index < -0.39 is 30.3 Å². The first-order valence-corrected chi connectivity index (χ1v) is 18.0. The van der Waals surface area contributed by atoms with Crippen molar-refractivity contribution in [1.82, 2.24) is 15.6 Å². The van der Waals surface area contributed by atoms with Crippen molar-refractivity contribution in [3.8, 4) is 0 Å². The van der Waals surface area contributed by atoms with Crippen molar-refractivity contribution in [2.75, 3.05) is 13.7 Å². The molecule has 1 aromatic heterocycles. The van der Waals surface area contributed by atoms with Crippen molar-refractivity contribution < 1.29 is 28.5 Å². The topological polar surface area (TPSA) is 120 Å². The molecule has 7 atom stereocenters. The van der Waals surface area contributed by atoms with Crippen LogP contribution in [-0.2, 0) is 30.1 Å². The van der Waals surface area contributed by atoms with Gasteiger partial charge in [-0.1, -0.05) is 87.4 Å². The summed E-state index contributed by atoms with van der Waals surface area (Å²) in [6, 6.07) is 18.6. The lowest BCUT2D eigenvalue weighted by Crippen LogP contribution is -2.65. The van der Waals surface area contributed by atoms with Crippen LogP contribution in [0.4, 0.5) is 0 Å². The van der Waals surface area contributed by atoms with Gasteiger partial charge in [0, 0.05) is 31.5 Å². The number of carbonyl (C=O) groups excluding carboxylic acids is 2. The summed E-state index contributed by atoms with van der Waals surface area (Å²) < 4.78 is 19.1. The third kappa shape index (κ3) is 6.22. The number of aromatic nitrogens is 1. The van der Waals surface area contributed by atoms with E-state index in [9.17, 15) is 9.59 Å². The smallest absolute Gasteiger partial charge is 0.404 e. The number of nitrogens with zero attached hydrogens (tertiary/aromatic N) is 2. The molecule has 8 rings (SSSR count). The van der Waals surface area contributed by atoms with E-state index in [-0.39, 0.29) is 48.7 Å². The normalized spacial score (nSPS) is 29.1. The molecular weight excluding hydrogens is 631 g/mol. The van der Waals surface area contributed by atoms with Crippen molar-refractivity contribution in [2.45, 2.75) is 96.0 Å². The highest BCUT2D eigenvalue weighted by atomic mass is 16.7. The minimum absolute atomic E-state index is 0.00132. The molecule has 10 nitrogen and oxygen atoms in total. The van der Waals surface area contributed by atoms with Crippen LogP contribution >= 0.6 is 0 Å². The van der Waals surface area contributed by atoms with Crippen LogP contribution in [0.1, 0.15) is 76.4 Å². The van der Waals surface area contributed by atoms with Gasteiger partial charge in [-0.25, -0.2) is 0 Å². The molecule has 1 saturated heterocycles. The summed E-state index contributed by atoms with van der Waals surface area (Å²) in [5.41, 5.74) is 0.208. The van der Waals surface area contributed by atoms with Gasteiger partial charge in [-0.2, -0.15) is 0 Å². The zero-order valence-electron chi connectivity index (χ0n) is 30.0. The molecule has 3 saturated carbocycles. The Balaban J connectivity index is 1.13. The minimum Gasteiger partial charge on any atom is -0.404 e. The largest absolute Gasteiger partial charge is 0.481 e. The third-order valence-corrected chi connectivity index (χ3v) is 11.8. The molecular formula is C39H49BN4O6. The van der Waals surface area contributed by atoms with Crippen LogP contribution in [-0.4, -0.2) is 72.6 Å². The third-order valence-electron chi connectivity index (χ3n) is 11.8. The Labute approximate surface area is 295 Å². The Hall–Kier alpha value is -3.80. The van der Waals surface area contributed by atoms with E-state index in [1.54, 1.807) is 13.3 Å². The van der Waals surface area contributed by atoms with Gasteiger partial charge in [0.1, 0.15) is 5.69 Å². The highest BCUT2D eigenvalue weighted by molar-refractivity contribution is 6.48. The quantitative estimate of drug-likeness (QED) is 0.241. The number of fused-ring (bicyclic) bond motifs is 1. The average molecular weight is 681 g/mol. The van der Waals surface area contributed by atoms with E-state index in [2.05, 4.69) is 55.4 Å². The summed E-state index contributed by atoms with van der Waals surface area (Å²) >= 11 is 0. The first kappa shape index (κ1) is 34.6. The second-order valence-electron chi connectivity index (χ2n) is 15.9. The predicted octanol–water partition coefficient (Wildman–Crippen LogP) is 5.54. The van der Waals surface area contributed by atoms with Crippen LogP contribution in [0.2, 0.25) is 0 Å². The number of benzene rings is 2. The maximum Gasteiger partial charge on any atom is 0.481 e. The standard InChI is InChI=1S/C39H49BN4O6/c1-24(2)18-33(40-48-32-20-27-19-31(37(27,3)4)38(32,5)49-40)43-36(46)39(21-25-12-8-7-9-13-25)22-29(44-50-39)30(23-47-6)42-35(45)34-28-15-11-10-14-26(28)16-17-41-34/h7-17,24,27,30-33H,18-23H2,1-6H3,(H,42,45)(H,43,46)/t27-,30+,31-,32+,33-,38-,39?/m0/s1. The zero-order valence-corrected chi connectivity index (χ0v) is 30.0. The van der Waals surface area contributed by atoms with E-state index in [4.69, 9.17) is 18.9 Å². The van der Waals surface area contributed by atoms with Crippen molar-refractivity contribution in [2.24, 2.45) is 28.3 Å². The molecule has 3 heterocycles. The summed E-state index contributed by atoms with van der Waals surface area (Å²) in [5, 5.41) is 12.5. The minimum atomic E-state index is -1.36. The maximum absolute atomic E-state index is 14.7. The predicted molar refractivity (Wildman–Crippen MR) is 192 cm³/mol. The Kier molecular flexibility index (Phi) is 9.28. The SMILES string of the molecule is COC[C@@H](NC(=O)c1nccc2ccccc12)C1=NOC(Cc2ccccc2)(C(=O)N[C@@H](CC(C)C)B2O[C@@H]3C[C@@H]4C[C@@H](C4(C)C)[C@]3(C)O2)C1. The number of amides is 2. The van der Waals surface area contributed by atoms with E-state index >= 15 is 0 Å². The molecule has 2 bridgehead atoms. The van der Waals surface area contributed by atoms with E-state index in [0.29, 0.717) is 29.7 Å². The molecule has 0 radical (unpaired) electrons. The molecule has 0 spiro atoms. The maximum atomic E-state index is 14.7. The molecule has 2 N–H and O–H groups in total. The number of pyridine rings is 1. The van der Waals surface area contributed by atoms with E-state index in [0.717, 1.165) is 29.2 Å². The fourth-order valence-electron chi connectivity index (χ4n) is 8.94.